The van der Waals surface area contributed by atoms with E-state index < -0.39 is 44.6 Å². The molecule has 0 aliphatic heterocycles. The Morgan fingerprint density at radius 1 is 0.255 bits per heavy atom. The number of rotatable bonds is 22. The third kappa shape index (κ3) is 30.7. The van der Waals surface area contributed by atoms with Crippen LogP contribution in [0.3, 0.4) is 0 Å². The third-order valence-electron chi connectivity index (χ3n) is 22.9. The third-order valence-corrected chi connectivity index (χ3v) is 33.2. The monoisotopic (exact) mass is 2120 g/mol. The maximum Gasteiger partial charge on any atom is 0.488 e. The van der Waals surface area contributed by atoms with E-state index in [9.17, 15) is 8.78 Å². The Labute approximate surface area is 875 Å². The Hall–Kier alpha value is -14.8. The van der Waals surface area contributed by atoms with Gasteiger partial charge in [0.2, 0.25) is 0 Å². The molecule has 0 amide bonds. The van der Waals surface area contributed by atoms with E-state index in [4.69, 9.17) is 10.0 Å². The number of hydrogen-bond acceptors (Lipinski definition) is 10. The molecule has 22 aromatic rings. The van der Waals surface area contributed by atoms with Crippen LogP contribution in [0.5, 0.6) is 0 Å². The van der Waals surface area contributed by atoms with E-state index >= 15 is 0 Å². The second-order valence-corrected chi connectivity index (χ2v) is 42.9. The first-order chi connectivity index (χ1) is 70.8. The average Bonchev–Trinajstić information content (AvgIpc) is 0.789. The molecule has 22 rings (SSSR count). The minimum Gasteiger partial charge on any atom is -0.423 e. The summed E-state index contributed by atoms with van der Waals surface area (Å²) in [6, 6.07) is 174. The molecule has 10 nitrogen and oxygen atoms in total. The number of fused-ring (bicyclic) bond motifs is 2. The minimum atomic E-state index is -1.59. The van der Waals surface area contributed by atoms with Gasteiger partial charge < -0.3 is 20.7 Å². The van der Waals surface area contributed by atoms with Crippen molar-refractivity contribution in [2.45, 2.75) is 26.9 Å². The normalized spacial score (nSPS) is 10.6. The molecule has 145 heavy (non-hydrogen) atoms. The van der Waals surface area contributed by atoms with Gasteiger partial charge in [0.25, 0.3) is 0 Å². The summed E-state index contributed by atoms with van der Waals surface area (Å²) >= 11 is 3.51. The predicted molar refractivity (Wildman–Crippen MR) is 612 cm³/mol. The zero-order valence-electron chi connectivity index (χ0n) is 79.8. The molecular formula is C126H104BBrF2N8O2P4Pd. The van der Waals surface area contributed by atoms with Crippen molar-refractivity contribution in [3.8, 4) is 33.6 Å². The Morgan fingerprint density at radius 2 is 0.531 bits per heavy atom. The molecule has 4 N–H and O–H groups in total. The molecule has 0 aliphatic carbocycles. The quantitative estimate of drug-likeness (QED) is 0.0383. The smallest absolute Gasteiger partial charge is 0.423 e. The van der Waals surface area contributed by atoms with E-state index in [0.717, 1.165) is 99.9 Å². The molecule has 0 aliphatic rings. The Balaban J connectivity index is 0.000000129. The summed E-state index contributed by atoms with van der Waals surface area (Å²) in [5, 5.41) is 45.0. The van der Waals surface area contributed by atoms with E-state index in [2.05, 4.69) is 451 Å². The Morgan fingerprint density at radius 3 is 0.800 bits per heavy atom. The summed E-state index contributed by atoms with van der Waals surface area (Å²) in [6.45, 7) is 5.24. The van der Waals surface area contributed by atoms with E-state index in [1.54, 1.807) is 24.5 Å². The largest absolute Gasteiger partial charge is 0.488 e. The van der Waals surface area contributed by atoms with Crippen LogP contribution in [0.25, 0.3) is 55.2 Å². The van der Waals surface area contributed by atoms with Crippen molar-refractivity contribution in [3.63, 3.8) is 0 Å². The maximum atomic E-state index is 13.6. The van der Waals surface area contributed by atoms with Crippen LogP contribution in [0.15, 0.2) is 551 Å². The van der Waals surface area contributed by atoms with E-state index in [0.29, 0.717) is 13.1 Å². The van der Waals surface area contributed by atoms with Gasteiger partial charge >= 0.3 is 7.12 Å². The number of nitrogens with zero attached hydrogens (tertiary/aromatic N) is 6. The van der Waals surface area contributed by atoms with Crippen molar-refractivity contribution in [1.29, 1.82) is 0 Å². The average molecular weight is 2120 g/mol. The van der Waals surface area contributed by atoms with Crippen molar-refractivity contribution in [3.05, 3.63) is 585 Å². The first kappa shape index (κ1) is 105. The molecule has 6 heterocycles. The number of nitrogens with one attached hydrogen (secondary N) is 2. The van der Waals surface area contributed by atoms with Crippen molar-refractivity contribution in [1.82, 2.24) is 29.9 Å². The van der Waals surface area contributed by atoms with E-state index in [1.165, 1.54) is 87.9 Å². The fourth-order valence-electron chi connectivity index (χ4n) is 16.0. The van der Waals surface area contributed by atoms with Crippen LogP contribution in [0.2, 0.25) is 0 Å². The molecule has 0 unspecified atom stereocenters. The minimum absolute atomic E-state index is 0. The number of anilines is 2. The summed E-state index contributed by atoms with van der Waals surface area (Å²) in [4.78, 5) is 26.6. The van der Waals surface area contributed by atoms with Crippen LogP contribution < -0.4 is 79.8 Å². The summed E-state index contributed by atoms with van der Waals surface area (Å²) in [5.41, 5.74) is 10.1. The molecule has 0 bridgehead atoms. The Bertz CT molecular complexity index is 6820. The predicted octanol–water partition coefficient (Wildman–Crippen LogP) is 25.1. The van der Waals surface area contributed by atoms with Gasteiger partial charge in [-0.25, -0.2) is 18.7 Å². The zero-order valence-corrected chi connectivity index (χ0v) is 86.5. The summed E-state index contributed by atoms with van der Waals surface area (Å²) in [7, 11) is -3.37. The van der Waals surface area contributed by atoms with Crippen LogP contribution in [0, 0.1) is 25.5 Å². The number of benzene rings is 16. The molecule has 0 radical (unpaired) electrons. The van der Waals surface area contributed by atoms with E-state index in [1.807, 2.05) is 111 Å². The van der Waals surface area contributed by atoms with Gasteiger partial charge in [-0.05, 0) is 245 Å². The number of halogens is 3. The first-order valence-corrected chi connectivity index (χ1v) is 53.4. The summed E-state index contributed by atoms with van der Waals surface area (Å²) in [5.74, 6) is 0.981. The van der Waals surface area contributed by atoms with Gasteiger partial charge in [-0.15, -0.1) is 0 Å². The van der Waals surface area contributed by atoms with Gasteiger partial charge in [0.05, 0.1) is 11.4 Å². The summed E-state index contributed by atoms with van der Waals surface area (Å²) in [6.07, 6.45) is 11.0. The van der Waals surface area contributed by atoms with Crippen molar-refractivity contribution in [2.24, 2.45) is 0 Å². The number of hydrogen-bond donors (Lipinski definition) is 4. The Kier molecular flexibility index (Phi) is 39.8. The van der Waals surface area contributed by atoms with Gasteiger partial charge in [-0.1, -0.05) is 428 Å². The van der Waals surface area contributed by atoms with Gasteiger partial charge in [0.15, 0.2) is 0 Å². The SMILES string of the molecule is Cc1cc(-c2ccc(CNc3nccc4cc(-c5cccc(F)c5)ccc34)cn2)ccn1.Cc1cc(-c2ccc(CNc3nccc4cc(Br)ccc34)cn2)ccn1.OB(O)c1cccc(F)c1.[Pd].c1ccc(P(c2ccccc2)c2ccccc2)cc1.c1ccc(P(c2ccccc2)c2ccccc2)cc1.c1ccc(P(c2ccccc2)c2ccccc2)cc1.c1ccc(P(c2ccccc2)c2ccccc2)cc1. The number of aromatic nitrogens is 6. The standard InChI is InChI=1S/C27H21FN4.C21H17BrN4.4C18H15P.C6H6BFO2.Pd/c1-18-13-23(10-11-29-18)26-8-5-19(16-31-26)17-32-27-25-7-6-21(14-22(25)9-12-30-27)20-3-2-4-24(28)15-20;1-14-10-17(7-8-23-14)20-5-2-15(12-25-20)13-26-21-19-4-3-18(22)11-16(19)6-9-24-21;4*1-4-10-16(11-5-1)19(17-12-6-2-7-13-17)18-14-8-3-9-15-18;8-6-3-1-2-5(4-6)7(9)10;/h2-16H,17H2,1H3,(H,30,32);2-12H,13H2,1H3,(H,24,26);4*1-15H;1-4,9-10H;. The number of aryl methyl sites for hydroxylation is 2. The zero-order chi connectivity index (χ0) is 99.1. The van der Waals surface area contributed by atoms with Crippen LogP contribution in [-0.2, 0) is 33.5 Å². The van der Waals surface area contributed by atoms with E-state index in [-0.39, 0.29) is 31.7 Å². The fraction of sp³-hybridized carbons (Fsp3) is 0.0317. The molecule has 0 saturated carbocycles. The van der Waals surface area contributed by atoms with Crippen LogP contribution in [-0.4, -0.2) is 47.1 Å². The molecular weight excluding hydrogens is 2020 g/mol. The van der Waals surface area contributed by atoms with Crippen molar-refractivity contribution < 1.29 is 39.3 Å². The van der Waals surface area contributed by atoms with Crippen LogP contribution >= 0.6 is 47.6 Å². The summed E-state index contributed by atoms with van der Waals surface area (Å²) < 4.78 is 27.0. The van der Waals surface area contributed by atoms with Gasteiger partial charge in [0.1, 0.15) is 23.3 Å². The molecule has 16 aromatic carbocycles. The molecule has 0 spiro atoms. The molecule has 714 valence electrons. The molecule has 19 heteroatoms. The van der Waals surface area contributed by atoms with Crippen molar-refractivity contribution in [2.75, 3.05) is 10.6 Å². The number of pyridine rings is 6. The van der Waals surface area contributed by atoms with Crippen LogP contribution in [0.4, 0.5) is 20.4 Å². The van der Waals surface area contributed by atoms with Crippen LogP contribution in [0.1, 0.15) is 22.5 Å². The fourth-order valence-corrected chi connectivity index (χ4v) is 25.6. The maximum absolute atomic E-state index is 13.6. The molecule has 0 atom stereocenters. The van der Waals surface area contributed by atoms with Crippen molar-refractivity contribution >= 4 is 157 Å². The second-order valence-electron chi connectivity index (χ2n) is 33.1. The van der Waals surface area contributed by atoms with Gasteiger partial charge in [0, 0.05) is 108 Å². The van der Waals surface area contributed by atoms with Gasteiger partial charge in [-0.2, -0.15) is 0 Å². The molecule has 0 saturated heterocycles. The molecule has 0 fully saturated rings. The van der Waals surface area contributed by atoms with Gasteiger partial charge in [-0.3, -0.25) is 19.9 Å². The second kappa shape index (κ2) is 55.2. The first-order valence-electron chi connectivity index (χ1n) is 47.2. The molecule has 6 aromatic heterocycles. The topological polar surface area (TPSA) is 142 Å².